The van der Waals surface area contributed by atoms with Gasteiger partial charge in [0.2, 0.25) is 0 Å². The predicted molar refractivity (Wildman–Crippen MR) is 120 cm³/mol. The van der Waals surface area contributed by atoms with Crippen molar-refractivity contribution in [1.82, 2.24) is 0 Å². The highest BCUT2D eigenvalue weighted by atomic mass is 127. The summed E-state index contributed by atoms with van der Waals surface area (Å²) in [5, 5.41) is 0. The average Bonchev–Trinajstić information content (AvgIpc) is 2.94. The molecular weight excluding hydrogens is 505 g/mol. The number of nitrogens with zero attached hydrogens (tertiary/aromatic N) is 1. The van der Waals surface area contributed by atoms with Crippen LogP contribution >= 0.6 is 0 Å². The number of hydrogen-bond acceptors (Lipinski definition) is 4. The second-order valence-electron chi connectivity index (χ2n) is 8.84. The topological polar surface area (TPSA) is 39.9 Å². The van der Waals surface area contributed by atoms with Gasteiger partial charge in [-0.3, -0.25) is 0 Å². The molecule has 3 rings (SSSR count). The Morgan fingerprint density at radius 1 is 0.935 bits per heavy atom. The van der Waals surface area contributed by atoms with Crippen LogP contribution in [0.15, 0.2) is 36.4 Å². The molecule has 31 heavy (non-hydrogen) atoms. The Morgan fingerprint density at radius 3 is 2.16 bits per heavy atom. The van der Waals surface area contributed by atoms with Gasteiger partial charge in [0, 0.05) is 31.0 Å². The Kier molecular flexibility index (Phi) is 8.25. The Labute approximate surface area is 203 Å². The van der Waals surface area contributed by atoms with Crippen LogP contribution in [0, 0.1) is 0 Å². The van der Waals surface area contributed by atoms with Gasteiger partial charge < -0.3 is 42.9 Å². The van der Waals surface area contributed by atoms with Crippen LogP contribution in [0.5, 0.6) is 17.2 Å². The second kappa shape index (κ2) is 10.1. The van der Waals surface area contributed by atoms with E-state index in [0.29, 0.717) is 6.61 Å². The number of halogens is 1. The van der Waals surface area contributed by atoms with Crippen LogP contribution in [0.3, 0.4) is 0 Å². The SMILES string of the molecule is COc1cc(OC(C)C)ccc1-c1c(OC(C)C)cccc1C1=[N+](C)C(C)(C)CO1.[I-]. The van der Waals surface area contributed by atoms with Gasteiger partial charge in [0.15, 0.2) is 12.1 Å². The van der Waals surface area contributed by atoms with E-state index in [1.54, 1.807) is 7.11 Å². The normalized spacial score (nSPS) is 15.0. The molecule has 1 aliphatic heterocycles. The van der Waals surface area contributed by atoms with E-state index in [1.807, 2.05) is 58.0 Å². The summed E-state index contributed by atoms with van der Waals surface area (Å²) in [6.07, 6.45) is 0.128. The number of methoxy groups -OCH3 is 1. The Hall–Kier alpha value is -1.96. The quantitative estimate of drug-likeness (QED) is 0.400. The monoisotopic (exact) mass is 539 g/mol. The Balaban J connectivity index is 0.00000341. The molecular formula is C25H34INO4. The van der Waals surface area contributed by atoms with Crippen LogP contribution in [0.2, 0.25) is 0 Å². The van der Waals surface area contributed by atoms with Gasteiger partial charge in [0.25, 0.3) is 0 Å². The van der Waals surface area contributed by atoms with E-state index < -0.39 is 0 Å². The maximum absolute atomic E-state index is 6.21. The molecule has 0 saturated carbocycles. The van der Waals surface area contributed by atoms with E-state index in [1.165, 1.54) is 0 Å². The molecule has 0 atom stereocenters. The minimum absolute atomic E-state index is 0. The first kappa shape index (κ1) is 25.3. The third-order valence-corrected chi connectivity index (χ3v) is 5.21. The lowest BCUT2D eigenvalue weighted by molar-refractivity contribution is -0.562. The zero-order valence-electron chi connectivity index (χ0n) is 19.8. The van der Waals surface area contributed by atoms with Crippen LogP contribution in [0.4, 0.5) is 0 Å². The fourth-order valence-corrected chi connectivity index (χ4v) is 3.53. The summed E-state index contributed by atoms with van der Waals surface area (Å²) in [5.74, 6) is 3.15. The maximum Gasteiger partial charge on any atom is 0.371 e. The first-order chi connectivity index (χ1) is 14.1. The van der Waals surface area contributed by atoms with Gasteiger partial charge in [-0.25, -0.2) is 0 Å². The van der Waals surface area contributed by atoms with Crippen LogP contribution < -0.4 is 38.2 Å². The average molecular weight is 539 g/mol. The van der Waals surface area contributed by atoms with Crippen molar-refractivity contribution in [2.75, 3.05) is 20.8 Å². The fourth-order valence-electron chi connectivity index (χ4n) is 3.53. The molecule has 0 N–H and O–H groups in total. The number of hydrogen-bond donors (Lipinski definition) is 0. The Bertz CT molecular complexity index is 951. The lowest BCUT2D eigenvalue weighted by atomic mass is 9.96. The van der Waals surface area contributed by atoms with Crippen LogP contribution in [-0.4, -0.2) is 49.0 Å². The molecule has 0 bridgehead atoms. The summed E-state index contributed by atoms with van der Waals surface area (Å²) in [6, 6.07) is 12.0. The van der Waals surface area contributed by atoms with Crippen molar-refractivity contribution in [3.8, 4) is 28.4 Å². The molecule has 6 heteroatoms. The minimum atomic E-state index is -0.0828. The van der Waals surface area contributed by atoms with Gasteiger partial charge in [-0.2, -0.15) is 4.58 Å². The summed E-state index contributed by atoms with van der Waals surface area (Å²) in [4.78, 5) is 0. The molecule has 5 nitrogen and oxygen atoms in total. The van der Waals surface area contributed by atoms with Gasteiger partial charge in [0.05, 0.1) is 24.9 Å². The maximum atomic E-state index is 6.21. The second-order valence-corrected chi connectivity index (χ2v) is 8.84. The highest BCUT2D eigenvalue weighted by Gasteiger charge is 2.41. The zero-order chi connectivity index (χ0) is 22.1. The number of likely N-dealkylation sites (N-methyl/N-ethyl adjacent to an activating group) is 1. The lowest BCUT2D eigenvalue weighted by Crippen LogP contribution is -3.00. The highest BCUT2D eigenvalue weighted by molar-refractivity contribution is 6.01. The van der Waals surface area contributed by atoms with Crippen molar-refractivity contribution in [1.29, 1.82) is 0 Å². The molecule has 0 saturated heterocycles. The van der Waals surface area contributed by atoms with E-state index in [9.17, 15) is 0 Å². The first-order valence-electron chi connectivity index (χ1n) is 10.5. The number of rotatable bonds is 7. The summed E-state index contributed by atoms with van der Waals surface area (Å²) in [6.45, 7) is 13.1. The fraction of sp³-hybridized carbons (Fsp3) is 0.480. The molecule has 1 aliphatic rings. The molecule has 0 radical (unpaired) electrons. The molecule has 0 unspecified atom stereocenters. The lowest BCUT2D eigenvalue weighted by Gasteiger charge is -2.19. The van der Waals surface area contributed by atoms with Gasteiger partial charge in [-0.05, 0) is 52.0 Å². The standard InChI is InChI=1S/C25H34NO4.HI/c1-16(2)29-18-12-13-19(22(14-18)27-8)23-20(10-9-11-21(23)30-17(3)4)24-26(7)25(5,6)15-28-24;/h9-14,16-17H,15H2,1-8H3;1H/q+1;/p-1. The first-order valence-corrected chi connectivity index (χ1v) is 10.5. The van der Waals surface area contributed by atoms with Gasteiger partial charge in [0.1, 0.15) is 24.3 Å². The van der Waals surface area contributed by atoms with Gasteiger partial charge >= 0.3 is 5.90 Å². The van der Waals surface area contributed by atoms with Gasteiger partial charge in [-0.15, -0.1) is 0 Å². The molecule has 0 amide bonds. The summed E-state index contributed by atoms with van der Waals surface area (Å²) >= 11 is 0. The molecule has 0 aromatic heterocycles. The molecule has 170 valence electrons. The highest BCUT2D eigenvalue weighted by Crippen LogP contribution is 2.42. The van der Waals surface area contributed by atoms with E-state index in [2.05, 4.69) is 31.5 Å². The van der Waals surface area contributed by atoms with Crippen molar-refractivity contribution in [2.45, 2.75) is 59.3 Å². The molecule has 1 heterocycles. The minimum Gasteiger partial charge on any atom is -1.00 e. The van der Waals surface area contributed by atoms with Crippen molar-refractivity contribution < 1.29 is 47.5 Å². The van der Waals surface area contributed by atoms with Crippen LogP contribution in [0.1, 0.15) is 47.1 Å². The van der Waals surface area contributed by atoms with Crippen LogP contribution in [0.25, 0.3) is 11.1 Å². The molecule has 2 aromatic carbocycles. The van der Waals surface area contributed by atoms with Crippen molar-refractivity contribution in [2.24, 2.45) is 0 Å². The molecule has 2 aromatic rings. The van der Waals surface area contributed by atoms with E-state index in [0.717, 1.165) is 39.8 Å². The van der Waals surface area contributed by atoms with Gasteiger partial charge in [-0.1, -0.05) is 6.07 Å². The molecule has 0 aliphatic carbocycles. The van der Waals surface area contributed by atoms with Crippen molar-refractivity contribution >= 4 is 5.90 Å². The summed E-state index contributed by atoms with van der Waals surface area (Å²) in [5.41, 5.74) is 2.80. The van der Waals surface area contributed by atoms with Crippen molar-refractivity contribution in [3.05, 3.63) is 42.0 Å². The molecule has 0 spiro atoms. The third-order valence-electron chi connectivity index (χ3n) is 5.21. The predicted octanol–water partition coefficient (Wildman–Crippen LogP) is 2.14. The molecule has 0 fully saturated rings. The zero-order valence-corrected chi connectivity index (χ0v) is 21.9. The van der Waals surface area contributed by atoms with E-state index in [4.69, 9.17) is 18.9 Å². The van der Waals surface area contributed by atoms with E-state index >= 15 is 0 Å². The smallest absolute Gasteiger partial charge is 0.371 e. The third kappa shape index (κ3) is 5.45. The largest absolute Gasteiger partial charge is 1.00 e. The summed E-state index contributed by atoms with van der Waals surface area (Å²) < 4.78 is 26.2. The summed E-state index contributed by atoms with van der Waals surface area (Å²) in [7, 11) is 3.75. The Morgan fingerprint density at radius 2 is 1.61 bits per heavy atom. The number of ether oxygens (including phenoxy) is 4. The van der Waals surface area contributed by atoms with Crippen LogP contribution in [-0.2, 0) is 4.74 Å². The number of benzene rings is 2. The van der Waals surface area contributed by atoms with E-state index in [-0.39, 0.29) is 41.7 Å². The van der Waals surface area contributed by atoms with Crippen molar-refractivity contribution in [3.63, 3.8) is 0 Å².